The Morgan fingerprint density at radius 1 is 0.614 bits per heavy atom. The number of aromatic amines is 2. The van der Waals surface area contributed by atoms with E-state index in [4.69, 9.17) is 14.7 Å². The highest BCUT2D eigenvalue weighted by molar-refractivity contribution is 5.95. The van der Waals surface area contributed by atoms with Gasteiger partial charge in [-0.15, -0.1) is 0 Å². The van der Waals surface area contributed by atoms with Crippen molar-refractivity contribution < 1.29 is 4.74 Å². The second-order valence-electron chi connectivity index (χ2n) is 11.4. The Hall–Kier alpha value is -5.16. The Morgan fingerprint density at radius 3 is 2.05 bits per heavy atom. The molecule has 0 atom stereocenters. The second kappa shape index (κ2) is 12.2. The van der Waals surface area contributed by atoms with E-state index in [-0.39, 0.29) is 0 Å². The van der Waals surface area contributed by atoms with Gasteiger partial charge >= 0.3 is 0 Å². The molecule has 2 aliphatic heterocycles. The Bertz CT molecular complexity index is 2030. The molecule has 5 heteroatoms. The number of nitrogens with zero attached hydrogens (tertiary/aromatic N) is 2. The van der Waals surface area contributed by atoms with Gasteiger partial charge in [-0.25, -0.2) is 9.97 Å². The molecule has 218 valence electrons. The Labute approximate surface area is 258 Å². The summed E-state index contributed by atoms with van der Waals surface area (Å²) in [6.45, 7) is 2.26. The predicted octanol–water partition coefficient (Wildman–Crippen LogP) is 10.1. The molecular formula is C39H36N4O. The minimum Gasteiger partial charge on any atom is -0.497 e. The van der Waals surface area contributed by atoms with Gasteiger partial charge in [0, 0.05) is 38.8 Å². The van der Waals surface area contributed by atoms with Crippen LogP contribution in [0, 0.1) is 0 Å². The Morgan fingerprint density at radius 2 is 1.30 bits per heavy atom. The number of hydrogen-bond donors (Lipinski definition) is 2. The number of H-pyrrole nitrogens is 2. The molecule has 0 spiro atoms. The predicted molar refractivity (Wildman–Crippen MR) is 184 cm³/mol. The average molecular weight is 577 g/mol. The second-order valence-corrected chi connectivity index (χ2v) is 11.4. The van der Waals surface area contributed by atoms with Crippen molar-refractivity contribution in [2.45, 2.75) is 39.0 Å². The summed E-state index contributed by atoms with van der Waals surface area (Å²) in [4.78, 5) is 17.8. The van der Waals surface area contributed by atoms with E-state index in [1.165, 1.54) is 24.8 Å². The van der Waals surface area contributed by atoms with Crippen LogP contribution in [0.2, 0.25) is 0 Å². The van der Waals surface area contributed by atoms with Crippen LogP contribution in [0.4, 0.5) is 0 Å². The highest BCUT2D eigenvalue weighted by Gasteiger charge is 2.16. The minimum absolute atomic E-state index is 0.820. The summed E-state index contributed by atoms with van der Waals surface area (Å²) in [5, 5.41) is 0. The van der Waals surface area contributed by atoms with E-state index >= 15 is 0 Å². The number of rotatable bonds is 8. The van der Waals surface area contributed by atoms with Gasteiger partial charge in [0.05, 0.1) is 29.9 Å². The van der Waals surface area contributed by atoms with Crippen molar-refractivity contribution in [1.82, 2.24) is 19.9 Å². The summed E-state index contributed by atoms with van der Waals surface area (Å²) < 4.78 is 5.45. The van der Waals surface area contributed by atoms with Crippen molar-refractivity contribution in [2.24, 2.45) is 0 Å². The minimum atomic E-state index is 0.820. The summed E-state index contributed by atoms with van der Waals surface area (Å²) in [7, 11) is 1.69. The van der Waals surface area contributed by atoms with Crippen molar-refractivity contribution in [1.29, 1.82) is 0 Å². The lowest BCUT2D eigenvalue weighted by molar-refractivity contribution is 0.415. The molecule has 0 saturated heterocycles. The third-order valence-corrected chi connectivity index (χ3v) is 8.41. The van der Waals surface area contributed by atoms with Crippen LogP contribution in [0.15, 0.2) is 84.9 Å². The fourth-order valence-electron chi connectivity index (χ4n) is 6.16. The van der Waals surface area contributed by atoms with Crippen molar-refractivity contribution in [3.63, 3.8) is 0 Å². The Kier molecular flexibility index (Phi) is 7.68. The number of ether oxygens (including phenoxy) is 1. The third kappa shape index (κ3) is 5.49. The summed E-state index contributed by atoms with van der Waals surface area (Å²) in [6, 6.07) is 29.5. The molecule has 7 rings (SSSR count). The normalized spacial score (nSPS) is 12.1. The molecule has 5 heterocycles. The summed E-state index contributed by atoms with van der Waals surface area (Å²) in [6.07, 6.45) is 14.3. The molecule has 0 unspecified atom stereocenters. The van der Waals surface area contributed by atoms with E-state index < -0.39 is 0 Å². The topological polar surface area (TPSA) is 66.6 Å². The molecule has 44 heavy (non-hydrogen) atoms. The van der Waals surface area contributed by atoms with Crippen molar-refractivity contribution >= 4 is 46.4 Å². The maximum absolute atomic E-state index is 5.45. The third-order valence-electron chi connectivity index (χ3n) is 8.41. The average Bonchev–Trinajstić information content (AvgIpc) is 3.88. The molecule has 0 saturated carbocycles. The molecule has 8 bridgehead atoms. The van der Waals surface area contributed by atoms with Gasteiger partial charge < -0.3 is 14.7 Å². The zero-order valence-corrected chi connectivity index (χ0v) is 25.2. The van der Waals surface area contributed by atoms with Crippen LogP contribution in [-0.4, -0.2) is 27.0 Å². The van der Waals surface area contributed by atoms with E-state index in [1.54, 1.807) is 7.11 Å². The first-order valence-corrected chi connectivity index (χ1v) is 15.5. The SMILES string of the molecule is CCCCCCc1c2nc(c(-c3ccccc3)c3ccc([nH]3)c(-c3ccc(OC)cc3)c3nc(cc4ccc1[nH]4)C=C3)C=C2. The Balaban J connectivity index is 1.55. The first kappa shape index (κ1) is 27.7. The number of nitrogens with one attached hydrogen (secondary N) is 2. The molecule has 2 aromatic carbocycles. The number of aryl methyl sites for hydroxylation is 1. The van der Waals surface area contributed by atoms with Crippen LogP contribution in [0.5, 0.6) is 5.75 Å². The molecule has 2 N–H and O–H groups in total. The van der Waals surface area contributed by atoms with Gasteiger partial charge in [0.1, 0.15) is 5.75 Å². The molecule has 0 aliphatic carbocycles. The van der Waals surface area contributed by atoms with E-state index in [9.17, 15) is 0 Å². The highest BCUT2D eigenvalue weighted by atomic mass is 16.5. The monoisotopic (exact) mass is 576 g/mol. The number of aromatic nitrogens is 4. The van der Waals surface area contributed by atoms with Gasteiger partial charge in [0.15, 0.2) is 0 Å². The zero-order valence-electron chi connectivity index (χ0n) is 25.2. The lowest BCUT2D eigenvalue weighted by Crippen LogP contribution is -1.92. The number of unbranched alkanes of at least 4 members (excludes halogenated alkanes) is 3. The maximum atomic E-state index is 5.45. The molecule has 2 aliphatic rings. The lowest BCUT2D eigenvalue weighted by atomic mass is 10.0. The van der Waals surface area contributed by atoms with Crippen LogP contribution in [0.25, 0.3) is 68.6 Å². The summed E-state index contributed by atoms with van der Waals surface area (Å²) in [5.74, 6) is 0.820. The van der Waals surface area contributed by atoms with Gasteiger partial charge in [0.2, 0.25) is 0 Å². The van der Waals surface area contributed by atoms with Crippen molar-refractivity contribution in [2.75, 3.05) is 7.11 Å². The number of benzene rings is 2. The smallest absolute Gasteiger partial charge is 0.118 e. The van der Waals surface area contributed by atoms with E-state index in [0.717, 1.165) is 85.7 Å². The first-order valence-electron chi connectivity index (χ1n) is 15.5. The van der Waals surface area contributed by atoms with Gasteiger partial charge in [-0.1, -0.05) is 68.7 Å². The van der Waals surface area contributed by atoms with Crippen LogP contribution in [0.3, 0.4) is 0 Å². The molecule has 3 aromatic heterocycles. The number of methoxy groups -OCH3 is 1. The molecule has 5 aromatic rings. The molecule has 5 nitrogen and oxygen atoms in total. The fourth-order valence-corrected chi connectivity index (χ4v) is 6.16. The van der Waals surface area contributed by atoms with Gasteiger partial charge in [-0.05, 0) is 90.7 Å². The molecule has 0 radical (unpaired) electrons. The first-order chi connectivity index (χ1) is 21.7. The van der Waals surface area contributed by atoms with Crippen LogP contribution in [-0.2, 0) is 6.42 Å². The quantitative estimate of drug-likeness (QED) is 0.177. The molecule has 0 amide bonds. The van der Waals surface area contributed by atoms with E-state index in [2.05, 4.69) is 114 Å². The zero-order chi connectivity index (χ0) is 29.9. The summed E-state index contributed by atoms with van der Waals surface area (Å²) in [5.41, 5.74) is 13.5. The van der Waals surface area contributed by atoms with Gasteiger partial charge in [-0.3, -0.25) is 0 Å². The van der Waals surface area contributed by atoms with Crippen molar-refractivity contribution in [3.05, 3.63) is 113 Å². The largest absolute Gasteiger partial charge is 0.497 e. The van der Waals surface area contributed by atoms with Crippen LogP contribution < -0.4 is 4.74 Å². The standard InChI is InChI=1S/C39H36N4O/c1-3-4-5-9-12-31-32-19-15-28(40-32)25-29-16-20-34(41-29)39(27-13-17-30(44-2)18-14-27)37-24-23-36(43-37)38(26-10-7-6-8-11-26)35-22-21-33(31)42-35/h6-8,10-11,13-25,40,43H,3-5,9,12H2,1-2H3. The lowest BCUT2D eigenvalue weighted by Gasteiger charge is -2.06. The van der Waals surface area contributed by atoms with Crippen molar-refractivity contribution in [3.8, 4) is 28.0 Å². The van der Waals surface area contributed by atoms with Gasteiger partial charge in [-0.2, -0.15) is 0 Å². The van der Waals surface area contributed by atoms with E-state index in [0.29, 0.717) is 0 Å². The molecule has 0 fully saturated rings. The highest BCUT2D eigenvalue weighted by Crippen LogP contribution is 2.35. The summed E-state index contributed by atoms with van der Waals surface area (Å²) >= 11 is 0. The van der Waals surface area contributed by atoms with E-state index in [1.807, 2.05) is 12.1 Å². The number of hydrogen-bond acceptors (Lipinski definition) is 3. The fraction of sp³-hybridized carbons (Fsp3) is 0.179. The van der Waals surface area contributed by atoms with Gasteiger partial charge in [0.25, 0.3) is 0 Å². The van der Waals surface area contributed by atoms with Crippen LogP contribution >= 0.6 is 0 Å². The molecular weight excluding hydrogens is 540 g/mol. The van der Waals surface area contributed by atoms with Crippen LogP contribution in [0.1, 0.15) is 60.9 Å². The number of fused-ring (bicyclic) bond motifs is 8. The maximum Gasteiger partial charge on any atom is 0.118 e.